The summed E-state index contributed by atoms with van der Waals surface area (Å²) >= 11 is 0. The van der Waals surface area contributed by atoms with E-state index in [-0.39, 0.29) is 23.0 Å². The van der Waals surface area contributed by atoms with E-state index in [0.29, 0.717) is 5.69 Å². The summed E-state index contributed by atoms with van der Waals surface area (Å²) in [5, 5.41) is 11.5. The molecule has 0 atom stereocenters. The van der Waals surface area contributed by atoms with Crippen LogP contribution in [0.1, 0.15) is 36.3 Å². The van der Waals surface area contributed by atoms with Gasteiger partial charge in [0.25, 0.3) is 0 Å². The van der Waals surface area contributed by atoms with Crippen molar-refractivity contribution in [2.75, 3.05) is 5.32 Å². The molecule has 1 N–H and O–H groups in total. The Bertz CT molecular complexity index is 980. The molecular weight excluding hydrogens is 385 g/mol. The van der Waals surface area contributed by atoms with Gasteiger partial charge < -0.3 is 10.1 Å². The number of ketones is 1. The monoisotopic (exact) mass is 404 g/mol. The summed E-state index contributed by atoms with van der Waals surface area (Å²) in [5.74, 6) is -0.388. The molecule has 6 nitrogen and oxygen atoms in total. The Balaban J connectivity index is 1.84. The first-order valence-electron chi connectivity index (χ1n) is 8.95. The van der Waals surface area contributed by atoms with Crippen molar-refractivity contribution < 1.29 is 22.7 Å². The second-order valence-corrected chi connectivity index (χ2v) is 6.36. The minimum atomic E-state index is -4.77. The van der Waals surface area contributed by atoms with Crippen LogP contribution in [0.3, 0.4) is 0 Å². The third kappa shape index (κ3) is 5.34. The highest BCUT2D eigenvalue weighted by atomic mass is 19.4. The zero-order valence-corrected chi connectivity index (χ0v) is 15.8. The third-order valence-electron chi connectivity index (χ3n) is 4.00. The van der Waals surface area contributed by atoms with Gasteiger partial charge in [-0.05, 0) is 48.4 Å². The maximum Gasteiger partial charge on any atom is 0.573 e. The van der Waals surface area contributed by atoms with Gasteiger partial charge in [-0.25, -0.2) is 0 Å². The number of hydrogen-bond donors (Lipinski definition) is 1. The van der Waals surface area contributed by atoms with Crippen molar-refractivity contribution in [2.24, 2.45) is 0 Å². The van der Waals surface area contributed by atoms with Gasteiger partial charge in [-0.15, -0.1) is 28.2 Å². The smallest absolute Gasteiger partial charge is 0.406 e. The number of carbonyl (C=O) groups is 1. The normalized spacial score (nSPS) is 11.3. The first-order chi connectivity index (χ1) is 13.7. The fourth-order valence-electron chi connectivity index (χ4n) is 2.70. The number of aromatic nitrogens is 3. The molecule has 0 aliphatic carbocycles. The lowest BCUT2D eigenvalue weighted by Gasteiger charge is -2.08. The van der Waals surface area contributed by atoms with E-state index in [1.54, 1.807) is 0 Å². The molecule has 0 amide bonds. The molecule has 1 heterocycles. The molecule has 29 heavy (non-hydrogen) atoms. The molecule has 9 heteroatoms. The highest BCUT2D eigenvalue weighted by Crippen LogP contribution is 2.24. The second kappa shape index (κ2) is 8.34. The molecular formula is C20H19F3N4O2. The summed E-state index contributed by atoms with van der Waals surface area (Å²) in [6.07, 6.45) is -2.75. The number of ether oxygens (including phenoxy) is 1. The number of halogens is 3. The Hall–Kier alpha value is -3.36. The van der Waals surface area contributed by atoms with E-state index in [0.717, 1.165) is 30.7 Å². The quantitative estimate of drug-likeness (QED) is 0.557. The van der Waals surface area contributed by atoms with Crippen molar-refractivity contribution in [1.82, 2.24) is 15.0 Å². The number of anilines is 2. The number of carbonyl (C=O) groups excluding carboxylic acids is 1. The van der Waals surface area contributed by atoms with E-state index < -0.39 is 6.36 Å². The number of rotatable bonds is 7. The highest BCUT2D eigenvalue weighted by molar-refractivity contribution is 5.97. The number of benzene rings is 2. The first kappa shape index (κ1) is 20.4. The number of nitrogens with zero attached hydrogens (tertiary/aromatic N) is 3. The summed E-state index contributed by atoms with van der Waals surface area (Å²) in [7, 11) is 0. The number of nitrogens with one attached hydrogen (secondary N) is 1. The summed E-state index contributed by atoms with van der Waals surface area (Å²) in [6, 6.07) is 12.8. The molecule has 0 fully saturated rings. The van der Waals surface area contributed by atoms with E-state index in [2.05, 4.69) is 27.2 Å². The van der Waals surface area contributed by atoms with Crippen LogP contribution >= 0.6 is 0 Å². The molecule has 1 aromatic heterocycles. The second-order valence-electron chi connectivity index (χ2n) is 6.36. The fraction of sp³-hybridized carbons (Fsp3) is 0.250. The maximum atomic E-state index is 12.3. The van der Waals surface area contributed by atoms with E-state index in [4.69, 9.17) is 0 Å². The van der Waals surface area contributed by atoms with Crippen LogP contribution < -0.4 is 10.1 Å². The van der Waals surface area contributed by atoms with E-state index in [1.807, 2.05) is 24.3 Å². The van der Waals surface area contributed by atoms with Crippen molar-refractivity contribution in [1.29, 1.82) is 0 Å². The van der Waals surface area contributed by atoms with Gasteiger partial charge >= 0.3 is 6.36 Å². The Morgan fingerprint density at radius 2 is 1.72 bits per heavy atom. The zero-order chi connectivity index (χ0) is 21.0. The van der Waals surface area contributed by atoms with Gasteiger partial charge in [-0.1, -0.05) is 25.5 Å². The van der Waals surface area contributed by atoms with Crippen molar-refractivity contribution in [3.63, 3.8) is 0 Å². The summed E-state index contributed by atoms with van der Waals surface area (Å²) in [4.78, 5) is 13.1. The Morgan fingerprint density at radius 3 is 2.28 bits per heavy atom. The van der Waals surface area contributed by atoms with Crippen LogP contribution in [-0.2, 0) is 6.42 Å². The number of alkyl halides is 3. The third-order valence-corrected chi connectivity index (χ3v) is 4.00. The van der Waals surface area contributed by atoms with Gasteiger partial charge in [0, 0.05) is 12.6 Å². The lowest BCUT2D eigenvalue weighted by atomic mass is 10.1. The Morgan fingerprint density at radius 1 is 1.07 bits per heavy atom. The zero-order valence-electron chi connectivity index (χ0n) is 15.8. The molecule has 0 saturated carbocycles. The average molecular weight is 404 g/mol. The predicted molar refractivity (Wildman–Crippen MR) is 102 cm³/mol. The standard InChI is InChI=1S/C20H19F3N4O2/c1-3-4-14-5-7-15(8-6-14)24-19-18(13(2)28)25-27(26-19)16-9-11-17(12-10-16)29-20(21,22)23/h5-12H,3-4H2,1-2H3,(H,24,26). The minimum absolute atomic E-state index is 0.123. The lowest BCUT2D eigenvalue weighted by Crippen LogP contribution is -2.17. The van der Waals surface area contributed by atoms with Gasteiger partial charge in [-0.3, -0.25) is 4.79 Å². The van der Waals surface area contributed by atoms with Gasteiger partial charge in [0.1, 0.15) is 5.75 Å². The van der Waals surface area contributed by atoms with Crippen molar-refractivity contribution >= 4 is 17.3 Å². The molecule has 0 aliphatic heterocycles. The molecule has 0 saturated heterocycles. The summed E-state index contributed by atoms with van der Waals surface area (Å²) in [6.45, 7) is 3.47. The van der Waals surface area contributed by atoms with Crippen LogP contribution in [0.5, 0.6) is 5.75 Å². The average Bonchev–Trinajstić information content (AvgIpc) is 3.07. The number of aryl methyl sites for hydroxylation is 1. The summed E-state index contributed by atoms with van der Waals surface area (Å²) < 4.78 is 40.7. The van der Waals surface area contributed by atoms with Gasteiger partial charge in [0.15, 0.2) is 17.3 Å². The number of hydrogen-bond acceptors (Lipinski definition) is 5. The van der Waals surface area contributed by atoms with Crippen LogP contribution in [0.25, 0.3) is 5.69 Å². The Labute approximate surface area is 165 Å². The predicted octanol–water partition coefficient (Wildman–Crippen LogP) is 5.06. The molecule has 2 aromatic carbocycles. The van der Waals surface area contributed by atoms with Crippen LogP contribution in [0, 0.1) is 0 Å². The first-order valence-corrected chi connectivity index (χ1v) is 8.95. The van der Waals surface area contributed by atoms with Crippen LogP contribution in [-0.4, -0.2) is 27.1 Å². The summed E-state index contributed by atoms with van der Waals surface area (Å²) in [5.41, 5.74) is 2.45. The van der Waals surface area contributed by atoms with Crippen LogP contribution in [0.2, 0.25) is 0 Å². The molecule has 0 bridgehead atoms. The maximum absolute atomic E-state index is 12.3. The molecule has 0 radical (unpaired) electrons. The van der Waals surface area contributed by atoms with Crippen LogP contribution in [0.4, 0.5) is 24.7 Å². The molecule has 0 unspecified atom stereocenters. The molecule has 0 spiro atoms. The molecule has 3 aromatic rings. The van der Waals surface area contributed by atoms with Crippen molar-refractivity contribution in [2.45, 2.75) is 33.1 Å². The van der Waals surface area contributed by atoms with Crippen molar-refractivity contribution in [3.05, 3.63) is 59.8 Å². The van der Waals surface area contributed by atoms with E-state index >= 15 is 0 Å². The topological polar surface area (TPSA) is 69.0 Å². The SMILES string of the molecule is CCCc1ccc(Nc2nn(-c3ccc(OC(F)(F)F)cc3)nc2C(C)=O)cc1. The minimum Gasteiger partial charge on any atom is -0.406 e. The molecule has 152 valence electrons. The lowest BCUT2D eigenvalue weighted by molar-refractivity contribution is -0.274. The molecule has 3 rings (SSSR count). The van der Waals surface area contributed by atoms with Gasteiger partial charge in [0.05, 0.1) is 5.69 Å². The Kier molecular flexibility index (Phi) is 5.86. The number of Topliss-reactive ketones (excluding diaryl/α,β-unsaturated/α-hetero) is 1. The molecule has 0 aliphatic rings. The van der Waals surface area contributed by atoms with E-state index in [9.17, 15) is 18.0 Å². The van der Waals surface area contributed by atoms with Crippen LogP contribution in [0.15, 0.2) is 48.5 Å². The van der Waals surface area contributed by atoms with Crippen molar-refractivity contribution in [3.8, 4) is 11.4 Å². The highest BCUT2D eigenvalue weighted by Gasteiger charge is 2.31. The van der Waals surface area contributed by atoms with Gasteiger partial charge in [0.2, 0.25) is 0 Å². The largest absolute Gasteiger partial charge is 0.573 e. The van der Waals surface area contributed by atoms with E-state index in [1.165, 1.54) is 29.4 Å². The van der Waals surface area contributed by atoms with Gasteiger partial charge in [-0.2, -0.15) is 0 Å². The fourth-order valence-corrected chi connectivity index (χ4v) is 2.70.